The molecule has 1 saturated heterocycles. The number of nitrogens with two attached hydrogens (primary N) is 1. The van der Waals surface area contributed by atoms with Gasteiger partial charge in [-0.25, -0.2) is 17.5 Å². The monoisotopic (exact) mass is 315 g/mol. The van der Waals surface area contributed by atoms with Crippen LogP contribution in [0.1, 0.15) is 18.4 Å². The molecule has 0 unspecified atom stereocenters. The fraction of sp³-hybridized carbons (Fsp3) is 0.462. The van der Waals surface area contributed by atoms with Crippen molar-refractivity contribution >= 4 is 21.6 Å². The van der Waals surface area contributed by atoms with Gasteiger partial charge in [0.1, 0.15) is 5.82 Å². The molecule has 1 fully saturated rings. The van der Waals surface area contributed by atoms with Crippen molar-refractivity contribution in [3.8, 4) is 0 Å². The lowest BCUT2D eigenvalue weighted by Crippen LogP contribution is -2.38. The molecule has 1 heterocycles. The third kappa shape index (κ3) is 3.51. The van der Waals surface area contributed by atoms with E-state index in [0.29, 0.717) is 13.1 Å². The van der Waals surface area contributed by atoms with Crippen molar-refractivity contribution < 1.29 is 17.6 Å². The summed E-state index contributed by atoms with van der Waals surface area (Å²) in [4.78, 5) is 13.3. The third-order valence-corrected chi connectivity index (χ3v) is 5.00. The number of halogens is 1. The maximum Gasteiger partial charge on any atom is 0.241 e. The van der Waals surface area contributed by atoms with Gasteiger partial charge in [0.15, 0.2) is 0 Å². The predicted octanol–water partition coefficient (Wildman–Crippen LogP) is 0.617. The highest BCUT2D eigenvalue weighted by atomic mass is 32.2. The van der Waals surface area contributed by atoms with E-state index in [-0.39, 0.29) is 28.6 Å². The summed E-state index contributed by atoms with van der Waals surface area (Å²) in [6, 6.07) is 2.12. The van der Waals surface area contributed by atoms with Crippen LogP contribution in [0.5, 0.6) is 0 Å². The minimum absolute atomic E-state index is 0.115. The molecular weight excluding hydrogens is 297 g/mol. The van der Waals surface area contributed by atoms with Gasteiger partial charge in [0, 0.05) is 13.1 Å². The Labute approximate surface area is 123 Å². The quantitative estimate of drug-likeness (QED) is 0.797. The van der Waals surface area contributed by atoms with Crippen LogP contribution in [0.25, 0.3) is 0 Å². The molecule has 0 atom stereocenters. The molecule has 6 nitrogen and oxygen atoms in total. The van der Waals surface area contributed by atoms with Gasteiger partial charge < -0.3 is 10.6 Å². The second-order valence-electron chi connectivity index (χ2n) is 5.05. The molecule has 1 amide bonds. The molecule has 116 valence electrons. The summed E-state index contributed by atoms with van der Waals surface area (Å²) in [5.41, 5.74) is 5.39. The van der Waals surface area contributed by atoms with Gasteiger partial charge in [0.2, 0.25) is 15.9 Å². The highest BCUT2D eigenvalue weighted by Crippen LogP contribution is 2.21. The molecular formula is C13H18FN3O3S. The highest BCUT2D eigenvalue weighted by Gasteiger charge is 2.23. The van der Waals surface area contributed by atoms with Gasteiger partial charge in [-0.3, -0.25) is 4.79 Å². The van der Waals surface area contributed by atoms with E-state index in [2.05, 4.69) is 4.72 Å². The summed E-state index contributed by atoms with van der Waals surface area (Å²) in [6.07, 6.45) is 1.87. The van der Waals surface area contributed by atoms with Crippen molar-refractivity contribution in [3.63, 3.8) is 0 Å². The molecule has 1 aliphatic rings. The minimum atomic E-state index is -3.90. The topological polar surface area (TPSA) is 92.5 Å². The molecule has 1 aromatic rings. The Hall–Kier alpha value is -1.67. The lowest BCUT2D eigenvalue weighted by atomic mass is 10.2. The molecule has 0 aromatic heterocycles. The van der Waals surface area contributed by atoms with E-state index in [1.807, 2.05) is 0 Å². The van der Waals surface area contributed by atoms with E-state index in [1.165, 1.54) is 6.92 Å². The van der Waals surface area contributed by atoms with Gasteiger partial charge in [-0.05, 0) is 37.5 Å². The number of carbonyl (C=O) groups is 1. The first-order valence-electron chi connectivity index (χ1n) is 6.64. The van der Waals surface area contributed by atoms with E-state index in [0.717, 1.165) is 25.0 Å². The average Bonchev–Trinajstić information content (AvgIpc) is 2.94. The van der Waals surface area contributed by atoms with E-state index >= 15 is 0 Å². The van der Waals surface area contributed by atoms with Gasteiger partial charge in [0.05, 0.1) is 17.1 Å². The number of aryl methyl sites for hydroxylation is 1. The maximum absolute atomic E-state index is 13.3. The SMILES string of the molecule is Cc1cc(F)c(N)cc1S(=O)(=O)NCC(=O)N1CCCC1. The number of hydrogen-bond donors (Lipinski definition) is 2. The summed E-state index contributed by atoms with van der Waals surface area (Å²) in [7, 11) is -3.90. The first-order chi connectivity index (χ1) is 9.81. The van der Waals surface area contributed by atoms with Crippen molar-refractivity contribution in [2.75, 3.05) is 25.4 Å². The van der Waals surface area contributed by atoms with Gasteiger partial charge in [-0.1, -0.05) is 0 Å². The van der Waals surface area contributed by atoms with Crippen LogP contribution in [0.3, 0.4) is 0 Å². The van der Waals surface area contributed by atoms with Gasteiger partial charge in [-0.15, -0.1) is 0 Å². The third-order valence-electron chi connectivity index (χ3n) is 3.46. The van der Waals surface area contributed by atoms with Gasteiger partial charge in [-0.2, -0.15) is 0 Å². The summed E-state index contributed by atoms with van der Waals surface area (Å²) >= 11 is 0. The van der Waals surface area contributed by atoms with E-state index in [4.69, 9.17) is 5.73 Å². The Bertz CT molecular complexity index is 655. The number of benzene rings is 1. The highest BCUT2D eigenvalue weighted by molar-refractivity contribution is 7.89. The van der Waals surface area contributed by atoms with Crippen LogP contribution in [0, 0.1) is 12.7 Å². The Kier molecular flexibility index (Phi) is 4.48. The zero-order valence-electron chi connectivity index (χ0n) is 11.7. The molecule has 2 rings (SSSR count). The standard InChI is InChI=1S/C13H18FN3O3S/c1-9-6-10(14)11(15)7-12(9)21(19,20)16-8-13(18)17-4-2-3-5-17/h6-7,16H,2-5,8,15H2,1H3. The van der Waals surface area contributed by atoms with Crippen molar-refractivity contribution in [2.24, 2.45) is 0 Å². The van der Waals surface area contributed by atoms with Crippen molar-refractivity contribution in [2.45, 2.75) is 24.7 Å². The number of sulfonamides is 1. The van der Waals surface area contributed by atoms with Crippen molar-refractivity contribution in [3.05, 3.63) is 23.5 Å². The average molecular weight is 315 g/mol. The molecule has 0 saturated carbocycles. The molecule has 0 bridgehead atoms. The zero-order chi connectivity index (χ0) is 15.6. The van der Waals surface area contributed by atoms with Gasteiger partial charge >= 0.3 is 0 Å². The van der Waals surface area contributed by atoms with E-state index < -0.39 is 15.8 Å². The molecule has 8 heteroatoms. The first kappa shape index (κ1) is 15.7. The van der Waals surface area contributed by atoms with Crippen molar-refractivity contribution in [1.82, 2.24) is 9.62 Å². The molecule has 0 radical (unpaired) electrons. The van der Waals surface area contributed by atoms with Crippen LogP contribution >= 0.6 is 0 Å². The Morgan fingerprint density at radius 2 is 2.00 bits per heavy atom. The van der Waals surface area contributed by atoms with Crippen LogP contribution in [0.2, 0.25) is 0 Å². The van der Waals surface area contributed by atoms with Crippen LogP contribution < -0.4 is 10.5 Å². The molecule has 21 heavy (non-hydrogen) atoms. The minimum Gasteiger partial charge on any atom is -0.396 e. The van der Waals surface area contributed by atoms with E-state index in [9.17, 15) is 17.6 Å². The summed E-state index contributed by atoms with van der Waals surface area (Å²) in [5.74, 6) is -0.927. The van der Waals surface area contributed by atoms with Crippen LogP contribution in [0.15, 0.2) is 17.0 Å². The molecule has 3 N–H and O–H groups in total. The van der Waals surface area contributed by atoms with Crippen LogP contribution in [-0.2, 0) is 14.8 Å². The number of amides is 1. The Morgan fingerprint density at radius 3 is 2.62 bits per heavy atom. The lowest BCUT2D eigenvalue weighted by Gasteiger charge is -2.16. The fourth-order valence-electron chi connectivity index (χ4n) is 2.27. The van der Waals surface area contributed by atoms with E-state index in [1.54, 1.807) is 4.90 Å². The summed E-state index contributed by atoms with van der Waals surface area (Å²) in [5, 5.41) is 0. The Morgan fingerprint density at radius 1 is 1.38 bits per heavy atom. The molecule has 0 spiro atoms. The molecule has 1 aliphatic heterocycles. The normalized spacial score (nSPS) is 15.4. The number of nitrogens with one attached hydrogen (secondary N) is 1. The maximum atomic E-state index is 13.3. The number of nitrogen functional groups attached to an aromatic ring is 1. The number of carbonyl (C=O) groups excluding carboxylic acids is 1. The second-order valence-corrected chi connectivity index (χ2v) is 6.79. The number of likely N-dealkylation sites (tertiary alicyclic amines) is 1. The fourth-order valence-corrected chi connectivity index (χ4v) is 3.50. The van der Waals surface area contributed by atoms with Crippen LogP contribution in [0.4, 0.5) is 10.1 Å². The smallest absolute Gasteiger partial charge is 0.241 e. The molecule has 0 aliphatic carbocycles. The predicted molar refractivity (Wildman–Crippen MR) is 76.6 cm³/mol. The van der Waals surface area contributed by atoms with Crippen LogP contribution in [-0.4, -0.2) is 38.9 Å². The van der Waals surface area contributed by atoms with Crippen molar-refractivity contribution in [1.29, 1.82) is 0 Å². The van der Waals surface area contributed by atoms with Gasteiger partial charge in [0.25, 0.3) is 0 Å². The number of rotatable bonds is 4. The first-order valence-corrected chi connectivity index (χ1v) is 8.12. The molecule has 1 aromatic carbocycles. The second kappa shape index (κ2) is 5.98. The lowest BCUT2D eigenvalue weighted by molar-refractivity contribution is -0.128. The summed E-state index contributed by atoms with van der Waals surface area (Å²) in [6.45, 7) is 2.48. The number of hydrogen-bond acceptors (Lipinski definition) is 4. The largest absolute Gasteiger partial charge is 0.396 e. The number of anilines is 1. The summed E-state index contributed by atoms with van der Waals surface area (Å²) < 4.78 is 39.9. The Balaban J connectivity index is 2.11. The number of nitrogens with zero attached hydrogens (tertiary/aromatic N) is 1. The zero-order valence-corrected chi connectivity index (χ0v) is 12.5.